The highest BCUT2D eigenvalue weighted by Gasteiger charge is 2.18. The number of nitrogens with zero attached hydrogens (tertiary/aromatic N) is 1. The molecule has 2 aromatic rings. The lowest BCUT2D eigenvalue weighted by atomic mass is 10.2. The van der Waals surface area contributed by atoms with Crippen LogP contribution in [0.1, 0.15) is 32.0 Å². The second kappa shape index (κ2) is 6.59. The molecule has 21 heavy (non-hydrogen) atoms. The van der Waals surface area contributed by atoms with E-state index < -0.39 is 5.60 Å². The van der Waals surface area contributed by atoms with Gasteiger partial charge in [0.05, 0.1) is 0 Å². The molecule has 0 saturated heterocycles. The molecule has 4 heteroatoms. The van der Waals surface area contributed by atoms with Crippen LogP contribution in [0.3, 0.4) is 0 Å². The monoisotopic (exact) mass is 286 g/mol. The van der Waals surface area contributed by atoms with E-state index in [0.717, 1.165) is 12.2 Å². The van der Waals surface area contributed by atoms with Crippen LogP contribution in [0.5, 0.6) is 0 Å². The standard InChI is InChI=1S/C17H22N2O2/c1-17(2,3)21-16(20)19-11-7-10-15(19)13-18-12-14-8-5-4-6-9-14/h4-11,18H,12-13H2,1-3H3. The summed E-state index contributed by atoms with van der Waals surface area (Å²) in [6.07, 6.45) is 1.39. The Labute approximate surface area is 125 Å². The van der Waals surface area contributed by atoms with Crippen LogP contribution in [0, 0.1) is 0 Å². The van der Waals surface area contributed by atoms with E-state index in [4.69, 9.17) is 4.74 Å². The second-order valence-electron chi connectivity index (χ2n) is 5.94. The lowest BCUT2D eigenvalue weighted by molar-refractivity contribution is 0.0532. The molecule has 0 fully saturated rings. The summed E-state index contributed by atoms with van der Waals surface area (Å²) in [5, 5.41) is 3.33. The summed E-state index contributed by atoms with van der Waals surface area (Å²) in [4.78, 5) is 12.1. The molecular formula is C17H22N2O2. The molecular weight excluding hydrogens is 264 g/mol. The van der Waals surface area contributed by atoms with Crippen LogP contribution in [0.2, 0.25) is 0 Å². The van der Waals surface area contributed by atoms with Gasteiger partial charge in [0.15, 0.2) is 0 Å². The summed E-state index contributed by atoms with van der Waals surface area (Å²) in [5.41, 5.74) is 1.61. The number of benzene rings is 1. The van der Waals surface area contributed by atoms with Crippen LogP contribution in [0.25, 0.3) is 0 Å². The number of hydrogen-bond donors (Lipinski definition) is 1. The third-order valence-corrected chi connectivity index (χ3v) is 2.90. The average molecular weight is 286 g/mol. The molecule has 0 aliphatic heterocycles. The first-order valence-corrected chi connectivity index (χ1v) is 7.10. The van der Waals surface area contributed by atoms with E-state index in [-0.39, 0.29) is 6.09 Å². The van der Waals surface area contributed by atoms with Crippen LogP contribution in [0.15, 0.2) is 48.7 Å². The number of aromatic nitrogens is 1. The summed E-state index contributed by atoms with van der Waals surface area (Å²) in [7, 11) is 0. The highest BCUT2D eigenvalue weighted by atomic mass is 16.6. The van der Waals surface area contributed by atoms with Crippen molar-refractivity contribution in [3.05, 3.63) is 59.9 Å². The Morgan fingerprint density at radius 1 is 1.10 bits per heavy atom. The summed E-state index contributed by atoms with van der Waals surface area (Å²) < 4.78 is 6.93. The molecule has 1 heterocycles. The van der Waals surface area contributed by atoms with Crippen molar-refractivity contribution in [1.29, 1.82) is 0 Å². The van der Waals surface area contributed by atoms with Gasteiger partial charge in [-0.15, -0.1) is 0 Å². The number of rotatable bonds is 4. The minimum absolute atomic E-state index is 0.344. The largest absolute Gasteiger partial charge is 0.443 e. The maximum Gasteiger partial charge on any atom is 0.418 e. The minimum atomic E-state index is -0.490. The Hall–Kier alpha value is -2.07. The van der Waals surface area contributed by atoms with Crippen molar-refractivity contribution in [3.8, 4) is 0 Å². The summed E-state index contributed by atoms with van der Waals surface area (Å²) >= 11 is 0. The van der Waals surface area contributed by atoms with Crippen LogP contribution in [-0.4, -0.2) is 16.3 Å². The van der Waals surface area contributed by atoms with Gasteiger partial charge in [-0.2, -0.15) is 0 Å². The summed E-state index contributed by atoms with van der Waals surface area (Å²) in [5.74, 6) is 0. The molecule has 1 N–H and O–H groups in total. The SMILES string of the molecule is CC(C)(C)OC(=O)n1cccc1CNCc1ccccc1. The summed E-state index contributed by atoms with van der Waals surface area (Å²) in [6.45, 7) is 6.96. The van der Waals surface area contributed by atoms with Crippen LogP contribution < -0.4 is 5.32 Å². The molecule has 112 valence electrons. The molecule has 0 bridgehead atoms. The van der Waals surface area contributed by atoms with E-state index in [0.29, 0.717) is 6.54 Å². The van der Waals surface area contributed by atoms with Gasteiger partial charge in [0, 0.05) is 25.0 Å². The third-order valence-electron chi connectivity index (χ3n) is 2.90. The van der Waals surface area contributed by atoms with Gasteiger partial charge in [0.2, 0.25) is 0 Å². The van der Waals surface area contributed by atoms with Crippen LogP contribution >= 0.6 is 0 Å². The normalized spacial score (nSPS) is 11.4. The zero-order valence-corrected chi connectivity index (χ0v) is 12.8. The van der Waals surface area contributed by atoms with E-state index >= 15 is 0 Å². The predicted molar refractivity (Wildman–Crippen MR) is 83.0 cm³/mol. The fourth-order valence-electron chi connectivity index (χ4n) is 1.98. The predicted octanol–water partition coefficient (Wildman–Crippen LogP) is 3.56. The number of hydrogen-bond acceptors (Lipinski definition) is 3. The van der Waals surface area contributed by atoms with Crippen molar-refractivity contribution in [1.82, 2.24) is 9.88 Å². The maximum atomic E-state index is 12.1. The Balaban J connectivity index is 1.93. The van der Waals surface area contributed by atoms with E-state index in [1.165, 1.54) is 5.56 Å². The highest BCUT2D eigenvalue weighted by Crippen LogP contribution is 2.11. The third kappa shape index (κ3) is 4.76. The lowest BCUT2D eigenvalue weighted by Gasteiger charge is -2.20. The van der Waals surface area contributed by atoms with Crippen molar-refractivity contribution >= 4 is 6.09 Å². The molecule has 0 spiro atoms. The Bertz CT molecular complexity index is 582. The van der Waals surface area contributed by atoms with E-state index in [9.17, 15) is 4.79 Å². The Morgan fingerprint density at radius 3 is 2.48 bits per heavy atom. The number of ether oxygens (including phenoxy) is 1. The van der Waals surface area contributed by atoms with E-state index in [1.807, 2.05) is 51.1 Å². The average Bonchev–Trinajstić information content (AvgIpc) is 2.86. The smallest absolute Gasteiger partial charge is 0.418 e. The Morgan fingerprint density at radius 2 is 1.81 bits per heavy atom. The zero-order chi connectivity index (χ0) is 15.3. The van der Waals surface area contributed by atoms with Gasteiger partial charge in [-0.1, -0.05) is 30.3 Å². The molecule has 0 atom stereocenters. The van der Waals surface area contributed by atoms with Crippen molar-refractivity contribution in [2.45, 2.75) is 39.5 Å². The summed E-state index contributed by atoms with van der Waals surface area (Å²) in [6, 6.07) is 13.9. The van der Waals surface area contributed by atoms with E-state index in [1.54, 1.807) is 10.8 Å². The first-order chi connectivity index (χ1) is 9.96. The quantitative estimate of drug-likeness (QED) is 0.934. The molecule has 1 aromatic heterocycles. The van der Waals surface area contributed by atoms with Gasteiger partial charge in [-0.25, -0.2) is 4.79 Å². The topological polar surface area (TPSA) is 43.3 Å². The molecule has 0 unspecified atom stereocenters. The van der Waals surface area contributed by atoms with Crippen molar-refractivity contribution in [2.24, 2.45) is 0 Å². The van der Waals surface area contributed by atoms with Crippen molar-refractivity contribution < 1.29 is 9.53 Å². The van der Waals surface area contributed by atoms with Gasteiger partial charge >= 0.3 is 6.09 Å². The first kappa shape index (κ1) is 15.3. The minimum Gasteiger partial charge on any atom is -0.443 e. The molecule has 1 aromatic carbocycles. The first-order valence-electron chi connectivity index (χ1n) is 7.10. The molecule has 0 saturated carbocycles. The van der Waals surface area contributed by atoms with Crippen molar-refractivity contribution in [3.63, 3.8) is 0 Å². The lowest BCUT2D eigenvalue weighted by Crippen LogP contribution is -2.28. The van der Waals surface area contributed by atoms with Gasteiger partial charge in [-0.05, 0) is 38.5 Å². The number of carbonyl (C=O) groups is 1. The van der Waals surface area contributed by atoms with Crippen molar-refractivity contribution in [2.75, 3.05) is 0 Å². The highest BCUT2D eigenvalue weighted by molar-refractivity contribution is 5.72. The zero-order valence-electron chi connectivity index (χ0n) is 12.8. The molecule has 0 aliphatic rings. The van der Waals surface area contributed by atoms with E-state index in [2.05, 4.69) is 17.4 Å². The van der Waals surface area contributed by atoms with Gasteiger partial charge in [0.1, 0.15) is 5.60 Å². The van der Waals surface area contributed by atoms with Crippen LogP contribution in [0.4, 0.5) is 4.79 Å². The van der Waals surface area contributed by atoms with Gasteiger partial charge in [-0.3, -0.25) is 4.57 Å². The molecule has 0 radical (unpaired) electrons. The molecule has 0 amide bonds. The Kier molecular flexibility index (Phi) is 4.81. The molecule has 0 aliphatic carbocycles. The van der Waals surface area contributed by atoms with Gasteiger partial charge < -0.3 is 10.1 Å². The molecule has 4 nitrogen and oxygen atoms in total. The molecule has 2 rings (SSSR count). The fraction of sp³-hybridized carbons (Fsp3) is 0.353. The van der Waals surface area contributed by atoms with Gasteiger partial charge in [0.25, 0.3) is 0 Å². The van der Waals surface area contributed by atoms with Crippen LogP contribution in [-0.2, 0) is 17.8 Å². The fourth-order valence-corrected chi connectivity index (χ4v) is 1.98. The maximum absolute atomic E-state index is 12.1. The number of nitrogens with one attached hydrogen (secondary N) is 1. The number of carbonyl (C=O) groups excluding carboxylic acids is 1. The second-order valence-corrected chi connectivity index (χ2v) is 5.94.